The van der Waals surface area contributed by atoms with E-state index in [0.29, 0.717) is 0 Å². The Morgan fingerprint density at radius 3 is 2.52 bits per heavy atom. The maximum atomic E-state index is 5.03. The molecule has 0 saturated heterocycles. The maximum Gasteiger partial charge on any atom is 0.0587 e. The van der Waals surface area contributed by atoms with Crippen LogP contribution < -0.4 is 10.2 Å². The van der Waals surface area contributed by atoms with Crippen LogP contribution in [0, 0.1) is 5.92 Å². The summed E-state index contributed by atoms with van der Waals surface area (Å²) >= 11 is 0. The lowest BCUT2D eigenvalue weighted by atomic mass is 9.89. The normalized spacial score (nSPS) is 16.1. The van der Waals surface area contributed by atoms with Gasteiger partial charge in [-0.2, -0.15) is 0 Å². The minimum atomic E-state index is 0.766. The first-order valence-electron chi connectivity index (χ1n) is 8.29. The molecule has 0 heterocycles. The summed E-state index contributed by atoms with van der Waals surface area (Å²) in [5, 5.41) is 3.38. The Balaban J connectivity index is 1.77. The molecular formula is C18H30N2O. The first kappa shape index (κ1) is 16.3. The molecule has 0 unspecified atom stereocenters. The van der Waals surface area contributed by atoms with E-state index in [1.54, 1.807) is 7.11 Å². The molecule has 1 fully saturated rings. The van der Waals surface area contributed by atoms with Gasteiger partial charge in [0.1, 0.15) is 0 Å². The lowest BCUT2D eigenvalue weighted by Crippen LogP contribution is -2.26. The summed E-state index contributed by atoms with van der Waals surface area (Å²) in [7, 11) is 3.96. The Labute approximate surface area is 129 Å². The van der Waals surface area contributed by atoms with Gasteiger partial charge in [-0.1, -0.05) is 31.4 Å². The first-order chi connectivity index (χ1) is 10.3. The third-order valence-corrected chi connectivity index (χ3v) is 4.45. The average Bonchev–Trinajstić information content (AvgIpc) is 2.53. The van der Waals surface area contributed by atoms with Gasteiger partial charge in [0, 0.05) is 39.5 Å². The van der Waals surface area contributed by atoms with E-state index in [-0.39, 0.29) is 0 Å². The van der Waals surface area contributed by atoms with Crippen LogP contribution in [-0.2, 0) is 11.3 Å². The molecule has 0 aliphatic heterocycles. The van der Waals surface area contributed by atoms with Crippen molar-refractivity contribution in [3.05, 3.63) is 29.8 Å². The quantitative estimate of drug-likeness (QED) is 0.742. The molecule has 1 aliphatic rings. The van der Waals surface area contributed by atoms with Gasteiger partial charge in [0.05, 0.1) is 6.61 Å². The van der Waals surface area contributed by atoms with Crippen molar-refractivity contribution in [3.63, 3.8) is 0 Å². The lowest BCUT2D eigenvalue weighted by molar-refractivity contribution is 0.199. The molecule has 0 amide bonds. The molecule has 1 aromatic carbocycles. The number of hydrogen-bond donors (Lipinski definition) is 1. The van der Waals surface area contributed by atoms with E-state index in [4.69, 9.17) is 4.74 Å². The summed E-state index contributed by atoms with van der Waals surface area (Å²) in [6, 6.07) is 8.95. The van der Waals surface area contributed by atoms with Gasteiger partial charge in [-0.25, -0.2) is 0 Å². The van der Waals surface area contributed by atoms with Gasteiger partial charge in [0.25, 0.3) is 0 Å². The van der Waals surface area contributed by atoms with Crippen molar-refractivity contribution in [2.75, 3.05) is 38.8 Å². The van der Waals surface area contributed by atoms with Crippen molar-refractivity contribution in [1.82, 2.24) is 5.32 Å². The standard InChI is InChI=1S/C18H30N2O/c1-20(15-17-6-4-3-5-7-17)18-10-8-16(9-11-18)14-19-12-13-21-2/h8-11,17,19H,3-7,12-15H2,1-2H3. The molecule has 3 nitrogen and oxygen atoms in total. The van der Waals surface area contributed by atoms with E-state index < -0.39 is 0 Å². The highest BCUT2D eigenvalue weighted by Gasteiger charge is 2.15. The molecule has 1 N–H and O–H groups in total. The van der Waals surface area contributed by atoms with E-state index in [2.05, 4.69) is 41.5 Å². The van der Waals surface area contributed by atoms with Crippen molar-refractivity contribution < 1.29 is 4.74 Å². The first-order valence-corrected chi connectivity index (χ1v) is 8.29. The summed E-state index contributed by atoms with van der Waals surface area (Å²) in [6.45, 7) is 3.78. The number of methoxy groups -OCH3 is 1. The van der Waals surface area contributed by atoms with Crippen molar-refractivity contribution in [1.29, 1.82) is 0 Å². The molecule has 1 aliphatic carbocycles. The molecule has 118 valence electrons. The second-order valence-electron chi connectivity index (χ2n) is 6.22. The largest absolute Gasteiger partial charge is 0.383 e. The van der Waals surface area contributed by atoms with Crippen molar-refractivity contribution in [2.24, 2.45) is 5.92 Å². The summed E-state index contributed by atoms with van der Waals surface area (Å²) in [4.78, 5) is 2.41. The zero-order valence-corrected chi connectivity index (χ0v) is 13.6. The van der Waals surface area contributed by atoms with E-state index in [1.807, 2.05) is 0 Å². The van der Waals surface area contributed by atoms with Crippen molar-refractivity contribution in [2.45, 2.75) is 38.6 Å². The molecule has 0 spiro atoms. The van der Waals surface area contributed by atoms with E-state index in [1.165, 1.54) is 49.9 Å². The Morgan fingerprint density at radius 1 is 1.14 bits per heavy atom. The monoisotopic (exact) mass is 290 g/mol. The fourth-order valence-electron chi connectivity index (χ4n) is 3.14. The van der Waals surface area contributed by atoms with Crippen LogP contribution >= 0.6 is 0 Å². The van der Waals surface area contributed by atoms with Gasteiger partial charge in [-0.3, -0.25) is 0 Å². The van der Waals surface area contributed by atoms with Gasteiger partial charge >= 0.3 is 0 Å². The van der Waals surface area contributed by atoms with Crippen LogP contribution in [0.1, 0.15) is 37.7 Å². The molecule has 0 aromatic heterocycles. The number of ether oxygens (including phenoxy) is 1. The average molecular weight is 290 g/mol. The third kappa shape index (κ3) is 5.68. The number of hydrogen-bond acceptors (Lipinski definition) is 3. The van der Waals surface area contributed by atoms with Crippen molar-refractivity contribution >= 4 is 5.69 Å². The summed E-state index contributed by atoms with van der Waals surface area (Å²) in [5.74, 6) is 0.888. The molecule has 21 heavy (non-hydrogen) atoms. The molecule has 0 bridgehead atoms. The van der Waals surface area contributed by atoms with Gasteiger partial charge in [0.2, 0.25) is 0 Å². The zero-order valence-electron chi connectivity index (χ0n) is 13.6. The van der Waals surface area contributed by atoms with Gasteiger partial charge in [-0.05, 0) is 36.5 Å². The number of benzene rings is 1. The van der Waals surface area contributed by atoms with Crippen LogP contribution in [0.2, 0.25) is 0 Å². The molecule has 1 saturated carbocycles. The summed E-state index contributed by atoms with van der Waals surface area (Å²) < 4.78 is 5.03. The summed E-state index contributed by atoms with van der Waals surface area (Å²) in [5.41, 5.74) is 2.67. The zero-order chi connectivity index (χ0) is 14.9. The van der Waals surface area contributed by atoms with Gasteiger partial charge in [-0.15, -0.1) is 0 Å². The molecule has 3 heteroatoms. The maximum absolute atomic E-state index is 5.03. The van der Waals surface area contributed by atoms with Crippen LogP contribution in [-0.4, -0.2) is 33.9 Å². The highest BCUT2D eigenvalue weighted by atomic mass is 16.5. The molecule has 1 aromatic rings. The smallest absolute Gasteiger partial charge is 0.0587 e. The Kier molecular flexibility index (Phi) is 7.04. The number of rotatable bonds is 8. The summed E-state index contributed by atoms with van der Waals surface area (Å²) in [6.07, 6.45) is 7.10. The molecular weight excluding hydrogens is 260 g/mol. The fraction of sp³-hybridized carbons (Fsp3) is 0.667. The SMILES string of the molecule is COCCNCc1ccc(N(C)CC2CCCCC2)cc1. The van der Waals surface area contributed by atoms with Gasteiger partial charge < -0.3 is 15.0 Å². The van der Waals surface area contributed by atoms with E-state index in [0.717, 1.165) is 25.6 Å². The molecule has 0 radical (unpaired) electrons. The predicted octanol–water partition coefficient (Wildman–Crippen LogP) is 3.44. The topological polar surface area (TPSA) is 24.5 Å². The highest BCUT2D eigenvalue weighted by Crippen LogP contribution is 2.25. The minimum absolute atomic E-state index is 0.766. The van der Waals surface area contributed by atoms with E-state index >= 15 is 0 Å². The van der Waals surface area contributed by atoms with E-state index in [9.17, 15) is 0 Å². The fourth-order valence-corrected chi connectivity index (χ4v) is 3.14. The third-order valence-electron chi connectivity index (χ3n) is 4.45. The Morgan fingerprint density at radius 2 is 1.86 bits per heavy atom. The Bertz CT molecular complexity index is 385. The Hall–Kier alpha value is -1.06. The van der Waals surface area contributed by atoms with Crippen LogP contribution in [0.25, 0.3) is 0 Å². The number of nitrogens with zero attached hydrogens (tertiary/aromatic N) is 1. The van der Waals surface area contributed by atoms with Gasteiger partial charge in [0.15, 0.2) is 0 Å². The van der Waals surface area contributed by atoms with Crippen LogP contribution in [0.5, 0.6) is 0 Å². The number of anilines is 1. The molecule has 2 rings (SSSR count). The second-order valence-corrected chi connectivity index (χ2v) is 6.22. The van der Waals surface area contributed by atoms with Crippen LogP contribution in [0.15, 0.2) is 24.3 Å². The van der Waals surface area contributed by atoms with Crippen LogP contribution in [0.4, 0.5) is 5.69 Å². The lowest BCUT2D eigenvalue weighted by Gasteiger charge is -2.28. The predicted molar refractivity (Wildman–Crippen MR) is 89.9 cm³/mol. The second kappa shape index (κ2) is 9.06. The van der Waals surface area contributed by atoms with Crippen LogP contribution in [0.3, 0.4) is 0 Å². The number of nitrogens with one attached hydrogen (secondary N) is 1. The molecule has 0 atom stereocenters. The highest BCUT2D eigenvalue weighted by molar-refractivity contribution is 5.46. The minimum Gasteiger partial charge on any atom is -0.383 e. The van der Waals surface area contributed by atoms with Crippen molar-refractivity contribution in [3.8, 4) is 0 Å².